The van der Waals surface area contributed by atoms with E-state index in [1.807, 2.05) is 13.0 Å². The van der Waals surface area contributed by atoms with Gasteiger partial charge in [-0.05, 0) is 57.4 Å². The van der Waals surface area contributed by atoms with Crippen molar-refractivity contribution in [3.05, 3.63) is 61.3 Å². The molecule has 0 atom stereocenters. The van der Waals surface area contributed by atoms with Gasteiger partial charge < -0.3 is 19.2 Å². The SMILES string of the molecule is CCOC(=O)c1sc(NC(=O)c2cc(=O)c3c(C)cc(C)cc3o2)c(C(=O)OCC)c1C. The van der Waals surface area contributed by atoms with Crippen molar-refractivity contribution in [1.82, 2.24) is 0 Å². The monoisotopic (exact) mass is 457 g/mol. The predicted molar refractivity (Wildman–Crippen MR) is 121 cm³/mol. The van der Waals surface area contributed by atoms with Gasteiger partial charge in [-0.15, -0.1) is 11.3 Å². The number of hydrogen-bond acceptors (Lipinski definition) is 8. The third-order valence-electron chi connectivity index (χ3n) is 4.71. The molecule has 32 heavy (non-hydrogen) atoms. The molecule has 0 unspecified atom stereocenters. The second-order valence-corrected chi connectivity index (χ2v) is 8.11. The van der Waals surface area contributed by atoms with Crippen LogP contribution in [0.1, 0.15) is 61.1 Å². The third kappa shape index (κ3) is 4.43. The number of carbonyl (C=O) groups excluding carboxylic acids is 3. The number of thiophene rings is 1. The molecule has 0 spiro atoms. The van der Waals surface area contributed by atoms with Crippen molar-refractivity contribution in [3.63, 3.8) is 0 Å². The van der Waals surface area contributed by atoms with Crippen LogP contribution in [0.5, 0.6) is 0 Å². The molecule has 0 saturated heterocycles. The summed E-state index contributed by atoms with van der Waals surface area (Å²) in [5.41, 5.74) is 1.97. The van der Waals surface area contributed by atoms with Crippen LogP contribution >= 0.6 is 11.3 Å². The summed E-state index contributed by atoms with van der Waals surface area (Å²) in [5, 5.41) is 3.09. The van der Waals surface area contributed by atoms with E-state index >= 15 is 0 Å². The van der Waals surface area contributed by atoms with E-state index < -0.39 is 17.8 Å². The van der Waals surface area contributed by atoms with Crippen molar-refractivity contribution >= 4 is 45.2 Å². The van der Waals surface area contributed by atoms with Gasteiger partial charge in [-0.1, -0.05) is 6.07 Å². The van der Waals surface area contributed by atoms with Gasteiger partial charge in [0, 0.05) is 6.07 Å². The number of esters is 2. The molecule has 8 nitrogen and oxygen atoms in total. The number of aryl methyl sites for hydroxylation is 2. The maximum Gasteiger partial charge on any atom is 0.348 e. The second-order valence-electron chi connectivity index (χ2n) is 7.09. The summed E-state index contributed by atoms with van der Waals surface area (Å²) in [5.74, 6) is -2.24. The smallest absolute Gasteiger partial charge is 0.348 e. The van der Waals surface area contributed by atoms with Crippen LogP contribution in [0.25, 0.3) is 11.0 Å². The molecule has 0 aliphatic rings. The van der Waals surface area contributed by atoms with Gasteiger partial charge in [0.25, 0.3) is 5.91 Å². The molecule has 3 aromatic rings. The van der Waals surface area contributed by atoms with Crippen molar-refractivity contribution in [1.29, 1.82) is 0 Å². The zero-order valence-electron chi connectivity index (χ0n) is 18.4. The lowest BCUT2D eigenvalue weighted by Gasteiger charge is -2.08. The fourth-order valence-corrected chi connectivity index (χ4v) is 4.47. The van der Waals surface area contributed by atoms with Gasteiger partial charge in [0.15, 0.2) is 11.2 Å². The van der Waals surface area contributed by atoms with Gasteiger partial charge in [-0.2, -0.15) is 0 Å². The minimum atomic E-state index is -0.731. The molecule has 3 rings (SSSR count). The third-order valence-corrected chi connectivity index (χ3v) is 5.90. The summed E-state index contributed by atoms with van der Waals surface area (Å²) in [4.78, 5) is 50.5. The standard InChI is InChI=1S/C23H23NO7S/c1-6-29-22(27)18-13(5)19(23(28)30-7-2)32-21(18)24-20(26)16-10-14(25)17-12(4)8-11(3)9-15(17)31-16/h8-10H,6-7H2,1-5H3,(H,24,26). The van der Waals surface area contributed by atoms with E-state index in [4.69, 9.17) is 13.9 Å². The summed E-state index contributed by atoms with van der Waals surface area (Å²) in [6.45, 7) is 8.83. The van der Waals surface area contributed by atoms with Crippen LogP contribution in [-0.2, 0) is 9.47 Å². The number of hydrogen-bond donors (Lipinski definition) is 1. The first-order valence-corrected chi connectivity index (χ1v) is 10.8. The van der Waals surface area contributed by atoms with Crippen LogP contribution in [0.4, 0.5) is 5.00 Å². The Bertz CT molecular complexity index is 1290. The first-order valence-electron chi connectivity index (χ1n) is 10.0. The van der Waals surface area contributed by atoms with Crippen LogP contribution in [0.15, 0.2) is 27.4 Å². The van der Waals surface area contributed by atoms with Crippen LogP contribution in [0.2, 0.25) is 0 Å². The van der Waals surface area contributed by atoms with Gasteiger partial charge in [-0.3, -0.25) is 9.59 Å². The largest absolute Gasteiger partial charge is 0.462 e. The Morgan fingerprint density at radius 1 is 1.00 bits per heavy atom. The fraction of sp³-hybridized carbons (Fsp3) is 0.304. The molecular weight excluding hydrogens is 434 g/mol. The average Bonchev–Trinajstić information content (AvgIpc) is 3.03. The number of amides is 1. The van der Waals surface area contributed by atoms with Crippen molar-refractivity contribution in [2.45, 2.75) is 34.6 Å². The summed E-state index contributed by atoms with van der Waals surface area (Å²) < 4.78 is 15.8. The summed E-state index contributed by atoms with van der Waals surface area (Å²) in [6, 6.07) is 4.64. The Morgan fingerprint density at radius 3 is 2.31 bits per heavy atom. The minimum absolute atomic E-state index is 0.0584. The molecule has 1 amide bonds. The Kier molecular flexibility index (Phi) is 6.78. The number of carbonyl (C=O) groups is 3. The highest BCUT2D eigenvalue weighted by molar-refractivity contribution is 7.18. The molecule has 2 aromatic heterocycles. The molecule has 0 aliphatic heterocycles. The van der Waals surface area contributed by atoms with Gasteiger partial charge in [0.05, 0.1) is 24.2 Å². The maximum absolute atomic E-state index is 12.9. The zero-order chi connectivity index (χ0) is 23.6. The Hall–Kier alpha value is -3.46. The lowest BCUT2D eigenvalue weighted by atomic mass is 10.1. The molecule has 0 fully saturated rings. The minimum Gasteiger partial charge on any atom is -0.462 e. The van der Waals surface area contributed by atoms with Crippen molar-refractivity contribution in [2.75, 3.05) is 18.5 Å². The number of ether oxygens (including phenoxy) is 2. The maximum atomic E-state index is 12.9. The molecule has 9 heteroatoms. The normalized spacial score (nSPS) is 10.8. The first-order chi connectivity index (χ1) is 15.2. The van der Waals surface area contributed by atoms with Gasteiger partial charge in [-0.25, -0.2) is 9.59 Å². The summed E-state index contributed by atoms with van der Waals surface area (Å²) in [6.07, 6.45) is 0. The molecule has 1 aromatic carbocycles. The Balaban J connectivity index is 2.05. The molecule has 1 N–H and O–H groups in total. The molecule has 168 valence electrons. The predicted octanol–water partition coefficient (Wildman–Crippen LogP) is 4.39. The molecule has 0 radical (unpaired) electrons. The number of anilines is 1. The number of rotatable bonds is 6. The van der Waals surface area contributed by atoms with Crippen LogP contribution in [0.3, 0.4) is 0 Å². The average molecular weight is 458 g/mol. The van der Waals surface area contributed by atoms with E-state index in [0.29, 0.717) is 16.5 Å². The highest BCUT2D eigenvalue weighted by Gasteiger charge is 2.28. The van der Waals surface area contributed by atoms with E-state index in [1.165, 1.54) is 0 Å². The second kappa shape index (κ2) is 9.35. The number of benzene rings is 1. The highest BCUT2D eigenvalue weighted by atomic mass is 32.1. The quantitative estimate of drug-likeness (QED) is 0.547. The highest BCUT2D eigenvalue weighted by Crippen LogP contribution is 2.34. The van der Waals surface area contributed by atoms with Crippen LogP contribution in [-0.4, -0.2) is 31.1 Å². The van der Waals surface area contributed by atoms with Crippen LogP contribution < -0.4 is 10.7 Å². The Labute approximate surface area is 188 Å². The summed E-state index contributed by atoms with van der Waals surface area (Å²) >= 11 is 0.897. The molecular formula is C23H23NO7S. The molecule has 0 bridgehead atoms. The fourth-order valence-electron chi connectivity index (χ4n) is 3.38. The topological polar surface area (TPSA) is 112 Å². The first kappa shape index (κ1) is 23.2. The van der Waals surface area contributed by atoms with Gasteiger partial charge >= 0.3 is 11.9 Å². The number of nitrogens with one attached hydrogen (secondary N) is 1. The van der Waals surface area contributed by atoms with Crippen molar-refractivity contribution in [3.8, 4) is 0 Å². The Morgan fingerprint density at radius 2 is 1.66 bits per heavy atom. The molecule has 2 heterocycles. The van der Waals surface area contributed by atoms with E-state index in [-0.39, 0.29) is 39.8 Å². The van der Waals surface area contributed by atoms with Gasteiger partial charge in [0.2, 0.25) is 0 Å². The number of fused-ring (bicyclic) bond motifs is 1. The zero-order valence-corrected chi connectivity index (χ0v) is 19.2. The van der Waals surface area contributed by atoms with E-state index in [2.05, 4.69) is 5.32 Å². The van der Waals surface area contributed by atoms with Crippen LogP contribution in [0, 0.1) is 20.8 Å². The van der Waals surface area contributed by atoms with E-state index in [0.717, 1.165) is 28.5 Å². The molecule has 0 aliphatic carbocycles. The summed E-state index contributed by atoms with van der Waals surface area (Å²) in [7, 11) is 0. The van der Waals surface area contributed by atoms with Gasteiger partial charge in [0.1, 0.15) is 15.5 Å². The molecule has 0 saturated carbocycles. The lowest BCUT2D eigenvalue weighted by Crippen LogP contribution is -2.17. The van der Waals surface area contributed by atoms with Crippen molar-refractivity contribution in [2.24, 2.45) is 0 Å². The van der Waals surface area contributed by atoms with E-state index in [9.17, 15) is 19.2 Å². The lowest BCUT2D eigenvalue weighted by molar-refractivity contribution is 0.0527. The van der Waals surface area contributed by atoms with E-state index in [1.54, 1.807) is 33.8 Å². The van der Waals surface area contributed by atoms with Crippen molar-refractivity contribution < 1.29 is 28.3 Å².